The molecular formula is C44H49Cl2FN6O4. The highest BCUT2D eigenvalue weighted by Gasteiger charge is 2.57. The number of imidazole rings is 1. The zero-order chi connectivity index (χ0) is 39.9. The summed E-state index contributed by atoms with van der Waals surface area (Å²) < 4.78 is 23.2. The number of nitrogens with one attached hydrogen (secondary N) is 2. The van der Waals surface area contributed by atoms with Crippen LogP contribution in [0.15, 0.2) is 48.7 Å². The summed E-state index contributed by atoms with van der Waals surface area (Å²) >= 11 is 13.9. The van der Waals surface area contributed by atoms with Gasteiger partial charge in [0.15, 0.2) is 5.82 Å². The molecule has 4 aromatic rings. The monoisotopic (exact) mass is 814 g/mol. The number of ether oxygens (including phenoxy) is 1. The number of aliphatic carboxylic acids is 1. The Hall–Kier alpha value is -4.29. The maximum absolute atomic E-state index is 15.7. The van der Waals surface area contributed by atoms with Crippen molar-refractivity contribution < 1.29 is 23.8 Å². The number of methoxy groups -OCH3 is 1. The number of nitrogens with zero attached hydrogens (tertiary/aromatic N) is 4. The van der Waals surface area contributed by atoms with Crippen molar-refractivity contribution in [3.05, 3.63) is 92.7 Å². The standard InChI is InChI=1S/C44H49Cl2FN6O4/c1-52-36-13-19-53(20-18-43-14-16-44(26-43,17-15-43)42(55)56)25-35(36)50-40(52)41(54)51-33-12-6-11-31(39(33)46)30-10-5-7-27(38(30)45)21-32(47)34-22-37(57-2)28(24-49-34)23-48-29-8-3-4-9-29/h5-7,10-12,21-22,24,29,48H,3-4,8-9,13-20,23,25-26H2,1-2H3,(H,51,54)(H,55,56)/b32-21-. The van der Waals surface area contributed by atoms with Crippen LogP contribution < -0.4 is 15.4 Å². The second-order valence-corrected chi connectivity index (χ2v) is 17.2. The molecule has 3 saturated carbocycles. The number of hydrogen-bond acceptors (Lipinski definition) is 7. The predicted molar refractivity (Wildman–Crippen MR) is 221 cm³/mol. The summed E-state index contributed by atoms with van der Waals surface area (Å²) in [6.45, 7) is 2.99. The molecule has 1 aliphatic heterocycles. The van der Waals surface area contributed by atoms with E-state index in [1.54, 1.807) is 55.8 Å². The summed E-state index contributed by atoms with van der Waals surface area (Å²) in [4.78, 5) is 37.2. The van der Waals surface area contributed by atoms with Crippen molar-refractivity contribution in [1.29, 1.82) is 0 Å². The van der Waals surface area contributed by atoms with Crippen LogP contribution in [0.5, 0.6) is 5.75 Å². The summed E-state index contributed by atoms with van der Waals surface area (Å²) in [5, 5.41) is 16.9. The van der Waals surface area contributed by atoms with Crippen LogP contribution in [0, 0.1) is 10.8 Å². The minimum atomic E-state index is -0.630. The molecular weight excluding hydrogens is 766 g/mol. The molecule has 3 aliphatic carbocycles. The zero-order valence-corrected chi connectivity index (χ0v) is 34.0. The second-order valence-electron chi connectivity index (χ2n) is 16.5. The van der Waals surface area contributed by atoms with Gasteiger partial charge in [0.1, 0.15) is 17.3 Å². The summed E-state index contributed by atoms with van der Waals surface area (Å²) in [5.41, 5.74) is 4.53. The third-order valence-corrected chi connectivity index (χ3v) is 14.0. The molecule has 0 spiro atoms. The highest BCUT2D eigenvalue weighted by Crippen LogP contribution is 2.63. The van der Waals surface area contributed by atoms with E-state index < -0.39 is 17.2 Å². The number of halogens is 3. The lowest BCUT2D eigenvalue weighted by Crippen LogP contribution is -2.34. The van der Waals surface area contributed by atoms with Gasteiger partial charge in [-0.05, 0) is 81.0 Å². The molecule has 0 unspecified atom stereocenters. The Bertz CT molecular complexity index is 2230. The summed E-state index contributed by atoms with van der Waals surface area (Å²) in [5.74, 6) is -0.722. The highest BCUT2D eigenvalue weighted by molar-refractivity contribution is 6.39. The highest BCUT2D eigenvalue weighted by atomic mass is 35.5. The third-order valence-electron chi connectivity index (χ3n) is 13.1. The van der Waals surface area contributed by atoms with Gasteiger partial charge in [-0.1, -0.05) is 66.4 Å². The smallest absolute Gasteiger partial charge is 0.309 e. The summed E-state index contributed by atoms with van der Waals surface area (Å²) in [6, 6.07) is 12.7. The van der Waals surface area contributed by atoms with Crippen LogP contribution in [0.2, 0.25) is 10.0 Å². The maximum atomic E-state index is 15.7. The van der Waals surface area contributed by atoms with Crippen molar-refractivity contribution in [3.8, 4) is 16.9 Å². The Morgan fingerprint density at radius 3 is 2.53 bits per heavy atom. The number of carboxylic acid groups (broad SMARTS) is 1. The lowest BCUT2D eigenvalue weighted by Gasteiger charge is -2.32. The topological polar surface area (TPSA) is 122 Å². The first-order valence-corrected chi connectivity index (χ1v) is 20.8. The van der Waals surface area contributed by atoms with Crippen LogP contribution in [-0.2, 0) is 31.4 Å². The van der Waals surface area contributed by atoms with Crippen LogP contribution in [0.25, 0.3) is 23.0 Å². The van der Waals surface area contributed by atoms with Gasteiger partial charge >= 0.3 is 5.97 Å². The minimum Gasteiger partial charge on any atom is -0.496 e. The molecule has 57 heavy (non-hydrogen) atoms. The number of benzene rings is 2. The molecule has 3 fully saturated rings. The van der Waals surface area contributed by atoms with E-state index in [0.717, 1.165) is 87.8 Å². The molecule has 3 N–H and O–H groups in total. The van der Waals surface area contributed by atoms with E-state index in [1.807, 2.05) is 11.6 Å². The van der Waals surface area contributed by atoms with E-state index in [2.05, 4.69) is 20.5 Å². The van der Waals surface area contributed by atoms with Gasteiger partial charge in [-0.25, -0.2) is 9.37 Å². The Morgan fingerprint density at radius 2 is 1.81 bits per heavy atom. The van der Waals surface area contributed by atoms with Crippen molar-refractivity contribution in [2.45, 2.75) is 89.8 Å². The van der Waals surface area contributed by atoms with Crippen LogP contribution in [0.4, 0.5) is 10.1 Å². The lowest BCUT2D eigenvalue weighted by atomic mass is 9.80. The Morgan fingerprint density at radius 1 is 1.07 bits per heavy atom. The Labute approximate surface area is 342 Å². The Kier molecular flexibility index (Phi) is 11.2. The minimum absolute atomic E-state index is 0.130. The van der Waals surface area contributed by atoms with Gasteiger partial charge in [-0.15, -0.1) is 0 Å². The third kappa shape index (κ3) is 7.83. The number of pyridine rings is 1. The van der Waals surface area contributed by atoms with Gasteiger partial charge in [-0.2, -0.15) is 0 Å². The molecule has 3 heterocycles. The second kappa shape index (κ2) is 16.2. The molecule has 4 aliphatic rings. The molecule has 0 radical (unpaired) electrons. The van der Waals surface area contributed by atoms with E-state index in [9.17, 15) is 14.7 Å². The molecule has 2 bridgehead atoms. The van der Waals surface area contributed by atoms with Crippen LogP contribution in [0.3, 0.4) is 0 Å². The van der Waals surface area contributed by atoms with Gasteiger partial charge in [0.2, 0.25) is 0 Å². The number of fused-ring (bicyclic) bond motifs is 3. The van der Waals surface area contributed by atoms with Crippen molar-refractivity contribution in [3.63, 3.8) is 0 Å². The van der Waals surface area contributed by atoms with Crippen LogP contribution in [0.1, 0.15) is 103 Å². The number of amides is 1. The van der Waals surface area contributed by atoms with Gasteiger partial charge in [0.05, 0.1) is 34.0 Å². The van der Waals surface area contributed by atoms with Crippen molar-refractivity contribution >= 4 is 52.7 Å². The van der Waals surface area contributed by atoms with Gasteiger partial charge < -0.3 is 25.0 Å². The normalized spacial score (nSPS) is 22.2. The van der Waals surface area contributed by atoms with Crippen LogP contribution in [-0.4, -0.2) is 62.7 Å². The fourth-order valence-corrected chi connectivity index (χ4v) is 10.3. The molecule has 13 heteroatoms. The molecule has 10 nitrogen and oxygen atoms in total. The SMILES string of the molecule is COc1cc(/C(F)=C/c2cccc(-c3cccc(NC(=O)c4nc5c(n4C)CCN(CCC46CCC(C(=O)O)(CC4)C6)C5)c3Cl)c2Cl)ncc1CNC1CCCC1. The van der Waals surface area contributed by atoms with Crippen molar-refractivity contribution in [2.75, 3.05) is 25.5 Å². The number of anilines is 1. The van der Waals surface area contributed by atoms with E-state index in [-0.39, 0.29) is 22.0 Å². The molecule has 1 amide bonds. The number of carbonyl (C=O) groups is 2. The quantitative estimate of drug-likeness (QED) is 0.122. The zero-order valence-electron chi connectivity index (χ0n) is 32.5. The molecule has 0 saturated heterocycles. The number of hydrogen-bond donors (Lipinski definition) is 3. The van der Waals surface area contributed by atoms with Crippen molar-refractivity contribution in [2.24, 2.45) is 17.9 Å². The van der Waals surface area contributed by atoms with E-state index >= 15 is 4.39 Å². The van der Waals surface area contributed by atoms with Crippen LogP contribution >= 0.6 is 23.2 Å². The average Bonchev–Trinajstić information content (AvgIpc) is 4.02. The molecule has 300 valence electrons. The summed E-state index contributed by atoms with van der Waals surface area (Å²) in [7, 11) is 3.43. The maximum Gasteiger partial charge on any atom is 0.309 e. The largest absolute Gasteiger partial charge is 0.496 e. The van der Waals surface area contributed by atoms with Gasteiger partial charge in [0, 0.05) is 73.8 Å². The molecule has 8 rings (SSSR count). The van der Waals surface area contributed by atoms with Crippen molar-refractivity contribution in [1.82, 2.24) is 24.8 Å². The lowest BCUT2D eigenvalue weighted by molar-refractivity contribution is -0.148. The van der Waals surface area contributed by atoms with Gasteiger partial charge in [0.25, 0.3) is 5.91 Å². The molecule has 0 atom stereocenters. The number of carboxylic acids is 1. The van der Waals surface area contributed by atoms with Gasteiger partial charge in [-0.3, -0.25) is 19.5 Å². The van der Waals surface area contributed by atoms with E-state index in [1.165, 1.54) is 18.9 Å². The fourth-order valence-electron chi connectivity index (χ4n) is 9.73. The number of carbonyl (C=O) groups excluding carboxylic acids is 1. The number of rotatable bonds is 13. The Balaban J connectivity index is 0.943. The summed E-state index contributed by atoms with van der Waals surface area (Å²) in [6.07, 6.45) is 13.9. The molecule has 2 aromatic heterocycles. The first-order valence-electron chi connectivity index (χ1n) is 20.0. The van der Waals surface area contributed by atoms with E-state index in [0.29, 0.717) is 58.1 Å². The first-order chi connectivity index (χ1) is 27.5. The molecule has 2 aromatic carbocycles. The average molecular weight is 816 g/mol. The fraction of sp³-hybridized carbons (Fsp3) is 0.455. The first kappa shape index (κ1) is 39.5. The number of aromatic nitrogens is 3. The predicted octanol–water partition coefficient (Wildman–Crippen LogP) is 9.33. The van der Waals surface area contributed by atoms with E-state index in [4.69, 9.17) is 32.9 Å².